The largest absolute Gasteiger partial charge is 0.481 e. The van der Waals surface area contributed by atoms with Gasteiger partial charge in [0.2, 0.25) is 5.88 Å². The van der Waals surface area contributed by atoms with Gasteiger partial charge in [0.25, 0.3) is 0 Å². The van der Waals surface area contributed by atoms with Crippen LogP contribution in [0.4, 0.5) is 16.2 Å². The van der Waals surface area contributed by atoms with Crippen molar-refractivity contribution in [3.05, 3.63) is 71.9 Å². The van der Waals surface area contributed by atoms with Gasteiger partial charge in [-0.15, -0.1) is 0 Å². The van der Waals surface area contributed by atoms with E-state index in [9.17, 15) is 4.79 Å². The number of halogens is 1. The predicted octanol–water partition coefficient (Wildman–Crippen LogP) is 5.05. The number of aromatic nitrogens is 1. The van der Waals surface area contributed by atoms with Gasteiger partial charge < -0.3 is 15.4 Å². The van der Waals surface area contributed by atoms with Gasteiger partial charge in [0.1, 0.15) is 0 Å². The Morgan fingerprint density at radius 3 is 2.44 bits per heavy atom. The van der Waals surface area contributed by atoms with Crippen molar-refractivity contribution in [1.82, 2.24) is 4.98 Å². The summed E-state index contributed by atoms with van der Waals surface area (Å²) >= 11 is 5.83. The Bertz CT molecular complexity index is 882. The van der Waals surface area contributed by atoms with Crippen molar-refractivity contribution in [2.75, 3.05) is 17.7 Å². The topological polar surface area (TPSA) is 63.2 Å². The second kappa shape index (κ2) is 7.68. The van der Waals surface area contributed by atoms with Crippen molar-refractivity contribution in [3.8, 4) is 17.0 Å². The number of anilines is 2. The number of nitrogens with zero attached hydrogens (tertiary/aromatic N) is 1. The molecule has 0 spiro atoms. The fourth-order valence-electron chi connectivity index (χ4n) is 2.30. The van der Waals surface area contributed by atoms with E-state index in [-0.39, 0.29) is 6.03 Å². The number of rotatable bonds is 4. The van der Waals surface area contributed by atoms with E-state index in [1.165, 1.54) is 0 Å². The average molecular weight is 354 g/mol. The van der Waals surface area contributed by atoms with Crippen LogP contribution >= 0.6 is 11.6 Å². The van der Waals surface area contributed by atoms with Gasteiger partial charge in [-0.3, -0.25) is 0 Å². The molecule has 2 amide bonds. The first-order chi connectivity index (χ1) is 12.1. The molecule has 0 saturated carbocycles. The molecule has 3 rings (SSSR count). The van der Waals surface area contributed by atoms with E-state index < -0.39 is 0 Å². The molecule has 5 nitrogen and oxygen atoms in total. The number of carbonyl (C=O) groups is 1. The first-order valence-electron chi connectivity index (χ1n) is 7.58. The monoisotopic (exact) mass is 353 g/mol. The summed E-state index contributed by atoms with van der Waals surface area (Å²) in [6, 6.07) is 17.8. The lowest BCUT2D eigenvalue weighted by Crippen LogP contribution is -2.19. The number of methoxy groups -OCH3 is 1. The van der Waals surface area contributed by atoms with Gasteiger partial charge in [0.15, 0.2) is 0 Å². The van der Waals surface area contributed by atoms with Gasteiger partial charge in [-0.25, -0.2) is 9.78 Å². The lowest BCUT2D eigenvalue weighted by molar-refractivity contribution is 0.262. The van der Waals surface area contributed by atoms with Crippen LogP contribution in [-0.4, -0.2) is 18.1 Å². The Labute approximate surface area is 150 Å². The van der Waals surface area contributed by atoms with Gasteiger partial charge in [-0.2, -0.15) is 0 Å². The standard InChI is InChI=1S/C19H16ClN3O2/c1-25-18-12-14(9-10-21-18)13-3-2-4-17(11-13)23-19(24)22-16-7-5-15(20)6-8-16/h2-12H,1H3,(H2,22,23,24). The lowest BCUT2D eigenvalue weighted by Gasteiger charge is -2.10. The fraction of sp³-hybridized carbons (Fsp3) is 0.0526. The molecule has 0 bridgehead atoms. The number of carbonyl (C=O) groups excluding carboxylic acids is 1. The average Bonchev–Trinajstić information content (AvgIpc) is 2.64. The highest BCUT2D eigenvalue weighted by atomic mass is 35.5. The van der Waals surface area contributed by atoms with Gasteiger partial charge in [-0.1, -0.05) is 23.7 Å². The maximum Gasteiger partial charge on any atom is 0.323 e. The fourth-order valence-corrected chi connectivity index (χ4v) is 2.43. The van der Waals surface area contributed by atoms with E-state index in [0.717, 1.165) is 11.1 Å². The maximum absolute atomic E-state index is 12.1. The van der Waals surface area contributed by atoms with Gasteiger partial charge in [0.05, 0.1) is 7.11 Å². The first kappa shape index (κ1) is 16.8. The quantitative estimate of drug-likeness (QED) is 0.689. The molecule has 0 aliphatic rings. The minimum Gasteiger partial charge on any atom is -0.481 e. The molecule has 0 saturated heterocycles. The van der Waals surface area contributed by atoms with Crippen LogP contribution in [0.5, 0.6) is 5.88 Å². The highest BCUT2D eigenvalue weighted by molar-refractivity contribution is 6.30. The number of amides is 2. The second-order valence-corrected chi connectivity index (χ2v) is 5.69. The van der Waals surface area contributed by atoms with E-state index in [1.54, 1.807) is 37.6 Å². The molecule has 0 aliphatic carbocycles. The molecule has 25 heavy (non-hydrogen) atoms. The molecule has 1 heterocycles. The van der Waals surface area contributed by atoms with E-state index in [0.29, 0.717) is 22.3 Å². The summed E-state index contributed by atoms with van der Waals surface area (Å²) in [5.41, 5.74) is 3.25. The summed E-state index contributed by atoms with van der Waals surface area (Å²) in [6.45, 7) is 0. The number of hydrogen-bond acceptors (Lipinski definition) is 3. The van der Waals surface area contributed by atoms with Crippen molar-refractivity contribution in [2.45, 2.75) is 0 Å². The van der Waals surface area contributed by atoms with Crippen molar-refractivity contribution in [1.29, 1.82) is 0 Å². The summed E-state index contributed by atoms with van der Waals surface area (Å²) in [4.78, 5) is 16.2. The molecule has 126 valence electrons. The van der Waals surface area contributed by atoms with Crippen LogP contribution in [0.2, 0.25) is 5.02 Å². The molecule has 3 aromatic rings. The SMILES string of the molecule is COc1cc(-c2cccc(NC(=O)Nc3ccc(Cl)cc3)c2)ccn1. The third-order valence-electron chi connectivity index (χ3n) is 3.50. The predicted molar refractivity (Wildman–Crippen MR) is 100 cm³/mol. The van der Waals surface area contributed by atoms with Crippen LogP contribution < -0.4 is 15.4 Å². The van der Waals surface area contributed by atoms with Gasteiger partial charge >= 0.3 is 6.03 Å². The summed E-state index contributed by atoms with van der Waals surface area (Å²) in [7, 11) is 1.57. The number of nitrogens with one attached hydrogen (secondary N) is 2. The Hall–Kier alpha value is -3.05. The van der Waals surface area contributed by atoms with Crippen LogP contribution in [0.15, 0.2) is 66.9 Å². The van der Waals surface area contributed by atoms with Crippen LogP contribution in [0.3, 0.4) is 0 Å². The van der Waals surface area contributed by atoms with Crippen molar-refractivity contribution < 1.29 is 9.53 Å². The number of urea groups is 1. The molecule has 6 heteroatoms. The normalized spacial score (nSPS) is 10.2. The van der Waals surface area contributed by atoms with Gasteiger partial charge in [0, 0.05) is 28.7 Å². The molecule has 0 fully saturated rings. The van der Waals surface area contributed by atoms with Crippen LogP contribution in [0, 0.1) is 0 Å². The van der Waals surface area contributed by atoms with Gasteiger partial charge in [-0.05, 0) is 53.6 Å². The molecule has 0 unspecified atom stereocenters. The third kappa shape index (κ3) is 4.49. The maximum atomic E-state index is 12.1. The minimum absolute atomic E-state index is 0.327. The Morgan fingerprint density at radius 2 is 1.68 bits per heavy atom. The minimum atomic E-state index is -0.327. The van der Waals surface area contributed by atoms with E-state index >= 15 is 0 Å². The molecule has 0 atom stereocenters. The van der Waals surface area contributed by atoms with Crippen molar-refractivity contribution in [2.24, 2.45) is 0 Å². The molecule has 0 aliphatic heterocycles. The summed E-state index contributed by atoms with van der Waals surface area (Å²) in [5, 5.41) is 6.19. The smallest absolute Gasteiger partial charge is 0.323 e. The third-order valence-corrected chi connectivity index (χ3v) is 3.75. The molecular formula is C19H16ClN3O2. The van der Waals surface area contributed by atoms with E-state index in [2.05, 4.69) is 15.6 Å². The second-order valence-electron chi connectivity index (χ2n) is 5.25. The summed E-state index contributed by atoms with van der Waals surface area (Å²) < 4.78 is 5.15. The Balaban J connectivity index is 1.72. The lowest BCUT2D eigenvalue weighted by atomic mass is 10.1. The highest BCUT2D eigenvalue weighted by Gasteiger charge is 2.05. The zero-order valence-electron chi connectivity index (χ0n) is 13.5. The molecular weight excluding hydrogens is 338 g/mol. The Morgan fingerprint density at radius 1 is 0.960 bits per heavy atom. The summed E-state index contributed by atoms with van der Waals surface area (Å²) in [6.07, 6.45) is 1.68. The number of pyridine rings is 1. The van der Waals surface area contributed by atoms with Crippen LogP contribution in [0.1, 0.15) is 0 Å². The first-order valence-corrected chi connectivity index (χ1v) is 7.96. The molecule has 2 N–H and O–H groups in total. The highest BCUT2D eigenvalue weighted by Crippen LogP contribution is 2.25. The number of ether oxygens (including phenoxy) is 1. The molecule has 0 radical (unpaired) electrons. The summed E-state index contributed by atoms with van der Waals surface area (Å²) in [5.74, 6) is 0.538. The Kier molecular flexibility index (Phi) is 5.16. The van der Waals surface area contributed by atoms with Crippen molar-refractivity contribution in [3.63, 3.8) is 0 Å². The van der Waals surface area contributed by atoms with Crippen LogP contribution in [-0.2, 0) is 0 Å². The zero-order valence-corrected chi connectivity index (χ0v) is 14.2. The number of benzene rings is 2. The molecule has 1 aromatic heterocycles. The van der Waals surface area contributed by atoms with Crippen LogP contribution in [0.25, 0.3) is 11.1 Å². The number of hydrogen-bond donors (Lipinski definition) is 2. The van der Waals surface area contributed by atoms with E-state index in [4.69, 9.17) is 16.3 Å². The van der Waals surface area contributed by atoms with Crippen molar-refractivity contribution >= 4 is 29.0 Å². The molecule has 2 aromatic carbocycles. The van der Waals surface area contributed by atoms with E-state index in [1.807, 2.05) is 36.4 Å². The zero-order chi connectivity index (χ0) is 17.6.